The number of hydrogen-bond acceptors (Lipinski definition) is 2. The van der Waals surface area contributed by atoms with Crippen LogP contribution in [0.3, 0.4) is 0 Å². The molecule has 2 heteroatoms. The van der Waals surface area contributed by atoms with Crippen LogP contribution in [-0.4, -0.2) is 17.8 Å². The Morgan fingerprint density at radius 2 is 1.78 bits per heavy atom. The van der Waals surface area contributed by atoms with Crippen molar-refractivity contribution in [3.05, 3.63) is 48.0 Å². The summed E-state index contributed by atoms with van der Waals surface area (Å²) in [5.74, 6) is 0.440. The van der Waals surface area contributed by atoms with Crippen molar-refractivity contribution < 1.29 is 5.11 Å². The first-order valence-electron chi connectivity index (χ1n) is 6.52. The topological polar surface area (TPSA) is 32.3 Å². The number of nitrogens with one attached hydrogen (secondary N) is 1. The fraction of sp³-hybridized carbons (Fsp3) is 0.375. The summed E-state index contributed by atoms with van der Waals surface area (Å²) in [5, 5.41) is 15.2. The lowest BCUT2D eigenvalue weighted by molar-refractivity contribution is 0.210. The fourth-order valence-electron chi connectivity index (χ4n) is 2.11. The maximum absolute atomic E-state index is 9.28. The van der Waals surface area contributed by atoms with Crippen LogP contribution in [0.1, 0.15) is 19.4 Å². The maximum atomic E-state index is 9.28. The van der Waals surface area contributed by atoms with Gasteiger partial charge in [-0.15, -0.1) is 0 Å². The van der Waals surface area contributed by atoms with Gasteiger partial charge in [-0.1, -0.05) is 50.2 Å². The monoisotopic (exact) mass is 243 g/mol. The van der Waals surface area contributed by atoms with E-state index < -0.39 is 0 Å². The lowest BCUT2D eigenvalue weighted by Crippen LogP contribution is -2.36. The average Bonchev–Trinajstić information content (AvgIpc) is 2.39. The van der Waals surface area contributed by atoms with Crippen molar-refractivity contribution >= 4 is 10.8 Å². The Labute approximate surface area is 109 Å². The van der Waals surface area contributed by atoms with Gasteiger partial charge >= 0.3 is 0 Å². The van der Waals surface area contributed by atoms with Crippen molar-refractivity contribution in [2.45, 2.75) is 26.4 Å². The van der Waals surface area contributed by atoms with Crippen molar-refractivity contribution in [1.82, 2.24) is 5.32 Å². The smallest absolute Gasteiger partial charge is 0.0587 e. The zero-order valence-corrected chi connectivity index (χ0v) is 11.1. The highest BCUT2D eigenvalue weighted by molar-refractivity contribution is 5.82. The van der Waals surface area contributed by atoms with E-state index in [2.05, 4.69) is 61.6 Å². The molecule has 2 aromatic carbocycles. The first-order chi connectivity index (χ1) is 8.70. The predicted octanol–water partition coefficient (Wildman–Crippen LogP) is 2.95. The molecule has 0 unspecified atom stereocenters. The van der Waals surface area contributed by atoms with E-state index in [9.17, 15) is 5.11 Å². The van der Waals surface area contributed by atoms with E-state index in [-0.39, 0.29) is 12.6 Å². The van der Waals surface area contributed by atoms with E-state index in [4.69, 9.17) is 0 Å². The molecule has 0 spiro atoms. The normalized spacial score (nSPS) is 13.1. The quantitative estimate of drug-likeness (QED) is 0.846. The first-order valence-corrected chi connectivity index (χ1v) is 6.52. The van der Waals surface area contributed by atoms with Gasteiger partial charge in [-0.25, -0.2) is 0 Å². The Hall–Kier alpha value is -1.38. The number of benzene rings is 2. The van der Waals surface area contributed by atoms with E-state index >= 15 is 0 Å². The standard InChI is InChI=1S/C16H21NO/c1-12(2)16(11-18)17-10-13-7-8-14-5-3-4-6-15(14)9-13/h3-9,12,16-18H,10-11H2,1-2H3/t16-/m1/s1. The summed E-state index contributed by atoms with van der Waals surface area (Å²) >= 11 is 0. The zero-order chi connectivity index (χ0) is 13.0. The minimum atomic E-state index is 0.163. The highest BCUT2D eigenvalue weighted by Gasteiger charge is 2.10. The molecule has 96 valence electrons. The summed E-state index contributed by atoms with van der Waals surface area (Å²) in [5.41, 5.74) is 1.26. The van der Waals surface area contributed by atoms with E-state index in [1.165, 1.54) is 16.3 Å². The Morgan fingerprint density at radius 3 is 2.44 bits per heavy atom. The Kier molecular flexibility index (Phi) is 4.34. The van der Waals surface area contributed by atoms with Gasteiger partial charge in [0.1, 0.15) is 0 Å². The Morgan fingerprint density at radius 1 is 1.06 bits per heavy atom. The lowest BCUT2D eigenvalue weighted by atomic mass is 10.0. The summed E-state index contributed by atoms with van der Waals surface area (Å²) < 4.78 is 0. The molecule has 0 saturated heterocycles. The van der Waals surface area contributed by atoms with Crippen LogP contribution in [0.5, 0.6) is 0 Å². The van der Waals surface area contributed by atoms with Crippen LogP contribution < -0.4 is 5.32 Å². The minimum absolute atomic E-state index is 0.163. The van der Waals surface area contributed by atoms with Crippen LogP contribution in [0.2, 0.25) is 0 Å². The third kappa shape index (κ3) is 3.09. The molecule has 0 aromatic heterocycles. The number of fused-ring (bicyclic) bond motifs is 1. The minimum Gasteiger partial charge on any atom is -0.395 e. The van der Waals surface area contributed by atoms with Gasteiger partial charge in [0.05, 0.1) is 6.61 Å². The molecule has 2 aromatic rings. The molecule has 2 N–H and O–H groups in total. The summed E-state index contributed by atoms with van der Waals surface area (Å²) in [6, 6.07) is 15.0. The van der Waals surface area contributed by atoms with Crippen molar-refractivity contribution in [3.8, 4) is 0 Å². The second-order valence-electron chi connectivity index (χ2n) is 5.10. The summed E-state index contributed by atoms with van der Waals surface area (Å²) in [4.78, 5) is 0. The molecule has 0 aliphatic heterocycles. The maximum Gasteiger partial charge on any atom is 0.0587 e. The first kappa shape index (κ1) is 13.1. The van der Waals surface area contributed by atoms with Gasteiger partial charge in [-0.2, -0.15) is 0 Å². The molecule has 0 bridgehead atoms. The summed E-state index contributed by atoms with van der Waals surface area (Å²) in [6.45, 7) is 5.22. The van der Waals surface area contributed by atoms with Crippen LogP contribution in [0, 0.1) is 5.92 Å². The molecular formula is C16H21NO. The molecular weight excluding hydrogens is 222 g/mol. The van der Waals surface area contributed by atoms with Gasteiger partial charge in [0.2, 0.25) is 0 Å². The number of aliphatic hydroxyl groups excluding tert-OH is 1. The second-order valence-corrected chi connectivity index (χ2v) is 5.10. The molecule has 2 nitrogen and oxygen atoms in total. The summed E-state index contributed by atoms with van der Waals surface area (Å²) in [6.07, 6.45) is 0. The SMILES string of the molecule is CC(C)[C@@H](CO)NCc1ccc2ccccc2c1. The van der Waals surface area contributed by atoms with Crippen molar-refractivity contribution in [2.75, 3.05) is 6.61 Å². The lowest BCUT2D eigenvalue weighted by Gasteiger charge is -2.20. The molecule has 18 heavy (non-hydrogen) atoms. The third-order valence-electron chi connectivity index (χ3n) is 3.38. The molecule has 0 fully saturated rings. The number of rotatable bonds is 5. The van der Waals surface area contributed by atoms with E-state index in [1.54, 1.807) is 0 Å². The van der Waals surface area contributed by atoms with Gasteiger partial charge in [-0.05, 0) is 28.3 Å². The van der Waals surface area contributed by atoms with Gasteiger partial charge in [-0.3, -0.25) is 0 Å². The van der Waals surface area contributed by atoms with Crippen molar-refractivity contribution in [2.24, 2.45) is 5.92 Å². The zero-order valence-electron chi connectivity index (χ0n) is 11.1. The van der Waals surface area contributed by atoms with Crippen molar-refractivity contribution in [3.63, 3.8) is 0 Å². The highest BCUT2D eigenvalue weighted by Crippen LogP contribution is 2.15. The van der Waals surface area contributed by atoms with E-state index in [0.29, 0.717) is 5.92 Å². The molecule has 1 atom stereocenters. The second kappa shape index (κ2) is 5.98. The van der Waals surface area contributed by atoms with E-state index in [1.807, 2.05) is 0 Å². The molecule has 0 heterocycles. The molecule has 0 aliphatic rings. The van der Waals surface area contributed by atoms with Gasteiger partial charge in [0.15, 0.2) is 0 Å². The van der Waals surface area contributed by atoms with E-state index in [0.717, 1.165) is 6.54 Å². The van der Waals surface area contributed by atoms with Crippen LogP contribution >= 0.6 is 0 Å². The van der Waals surface area contributed by atoms with Gasteiger partial charge in [0.25, 0.3) is 0 Å². The molecule has 2 rings (SSSR count). The molecule has 0 saturated carbocycles. The number of hydrogen-bond donors (Lipinski definition) is 2. The Bertz CT molecular complexity index is 507. The van der Waals surface area contributed by atoms with Crippen LogP contribution in [0.25, 0.3) is 10.8 Å². The highest BCUT2D eigenvalue weighted by atomic mass is 16.3. The molecule has 0 amide bonds. The van der Waals surface area contributed by atoms with Gasteiger partial charge in [0, 0.05) is 12.6 Å². The van der Waals surface area contributed by atoms with Crippen LogP contribution in [-0.2, 0) is 6.54 Å². The van der Waals surface area contributed by atoms with Crippen molar-refractivity contribution in [1.29, 1.82) is 0 Å². The average molecular weight is 243 g/mol. The van der Waals surface area contributed by atoms with Crippen LogP contribution in [0.4, 0.5) is 0 Å². The molecule has 0 aliphatic carbocycles. The summed E-state index contributed by atoms with van der Waals surface area (Å²) in [7, 11) is 0. The Balaban J connectivity index is 2.07. The fourth-order valence-corrected chi connectivity index (χ4v) is 2.11. The van der Waals surface area contributed by atoms with Crippen LogP contribution in [0.15, 0.2) is 42.5 Å². The third-order valence-corrected chi connectivity index (χ3v) is 3.38. The molecule has 0 radical (unpaired) electrons. The number of aliphatic hydroxyl groups is 1. The largest absolute Gasteiger partial charge is 0.395 e. The predicted molar refractivity (Wildman–Crippen MR) is 76.5 cm³/mol. The van der Waals surface area contributed by atoms with Gasteiger partial charge < -0.3 is 10.4 Å².